The molecule has 1 heterocycles. The van der Waals surface area contributed by atoms with Crippen LogP contribution in [0.1, 0.15) is 24.5 Å². The normalized spacial score (nSPS) is 10.5. The number of anilines is 1. The van der Waals surface area contributed by atoms with E-state index in [0.29, 0.717) is 30.0 Å². The maximum atomic E-state index is 12.9. The van der Waals surface area contributed by atoms with E-state index in [-0.39, 0.29) is 18.1 Å². The van der Waals surface area contributed by atoms with Gasteiger partial charge < -0.3 is 14.1 Å². The third kappa shape index (κ3) is 6.09. The fourth-order valence-electron chi connectivity index (χ4n) is 3.13. The summed E-state index contributed by atoms with van der Waals surface area (Å²) in [6.07, 6.45) is 0.237. The zero-order valence-electron chi connectivity index (χ0n) is 17.8. The zero-order chi connectivity index (χ0) is 22.2. The van der Waals surface area contributed by atoms with E-state index in [0.717, 1.165) is 22.4 Å². The fourth-order valence-corrected chi connectivity index (χ4v) is 3.77. The Morgan fingerprint density at radius 2 is 1.87 bits per heavy atom. The van der Waals surface area contributed by atoms with Crippen LogP contribution in [0.2, 0.25) is 0 Å². The van der Waals surface area contributed by atoms with Gasteiger partial charge in [0.05, 0.1) is 24.8 Å². The van der Waals surface area contributed by atoms with Gasteiger partial charge in [-0.3, -0.25) is 4.79 Å². The molecule has 0 spiro atoms. The molecule has 0 aliphatic rings. The first kappa shape index (κ1) is 22.4. The van der Waals surface area contributed by atoms with Crippen molar-refractivity contribution in [2.75, 3.05) is 23.8 Å². The number of hydrogen-bond donors (Lipinski definition) is 0. The van der Waals surface area contributed by atoms with Crippen molar-refractivity contribution in [1.82, 2.24) is 10.2 Å². The number of thioether (sulfide) groups is 1. The molecule has 1 amide bonds. The highest BCUT2D eigenvalue weighted by Crippen LogP contribution is 2.26. The van der Waals surface area contributed by atoms with Gasteiger partial charge in [0.15, 0.2) is 0 Å². The van der Waals surface area contributed by atoms with Gasteiger partial charge in [-0.1, -0.05) is 29.0 Å². The van der Waals surface area contributed by atoms with Gasteiger partial charge in [-0.2, -0.15) is 5.26 Å². The molecule has 3 rings (SSSR count). The second kappa shape index (κ2) is 10.6. The van der Waals surface area contributed by atoms with Crippen LogP contribution in [0.5, 0.6) is 5.75 Å². The highest BCUT2D eigenvalue weighted by Gasteiger charge is 2.18. The number of hydrogen-bond acceptors (Lipinski definition) is 7. The number of aryl methyl sites for hydroxylation is 2. The Morgan fingerprint density at radius 1 is 1.16 bits per heavy atom. The van der Waals surface area contributed by atoms with Gasteiger partial charge in [0.25, 0.3) is 5.22 Å². The number of rotatable bonds is 9. The summed E-state index contributed by atoms with van der Waals surface area (Å²) in [5.74, 6) is 1.14. The van der Waals surface area contributed by atoms with Crippen LogP contribution >= 0.6 is 11.8 Å². The van der Waals surface area contributed by atoms with E-state index in [1.165, 1.54) is 11.8 Å². The Morgan fingerprint density at radius 3 is 2.52 bits per heavy atom. The van der Waals surface area contributed by atoms with Gasteiger partial charge in [-0.25, -0.2) is 0 Å². The van der Waals surface area contributed by atoms with Gasteiger partial charge in [0.1, 0.15) is 5.75 Å². The molecule has 0 N–H and O–H groups in total. The van der Waals surface area contributed by atoms with E-state index in [2.05, 4.69) is 22.3 Å². The molecule has 7 nitrogen and oxygen atoms in total. The molecule has 3 aromatic rings. The second-order valence-corrected chi connectivity index (χ2v) is 7.85. The Kier molecular flexibility index (Phi) is 7.68. The number of carbonyl (C=O) groups is 1. The molecule has 1 aromatic heterocycles. The molecule has 0 aliphatic heterocycles. The molecule has 31 heavy (non-hydrogen) atoms. The monoisotopic (exact) mass is 436 g/mol. The third-order valence-corrected chi connectivity index (χ3v) is 5.21. The number of nitrogens with zero attached hydrogens (tertiary/aromatic N) is 4. The first-order valence-electron chi connectivity index (χ1n) is 9.95. The summed E-state index contributed by atoms with van der Waals surface area (Å²) in [5, 5.41) is 17.5. The lowest BCUT2D eigenvalue weighted by atomic mass is 10.1. The second-order valence-electron chi connectivity index (χ2n) is 6.92. The standard InChI is InChI=1S/C23H24N4O3S/c1-4-29-20-8-6-19(7-9-20)27(11-5-10-24)21(28)15-31-23-26-25-22(30-23)18-13-16(2)12-17(3)14-18/h6-9,12-14H,4-5,11,15H2,1-3H3. The molecule has 8 heteroatoms. The molecular formula is C23H24N4O3S. The molecule has 0 unspecified atom stereocenters. The topological polar surface area (TPSA) is 92.2 Å². The molecule has 2 aromatic carbocycles. The number of benzene rings is 2. The number of amides is 1. The number of carbonyl (C=O) groups excluding carboxylic acids is 1. The molecule has 0 saturated carbocycles. The number of ether oxygens (including phenoxy) is 1. The summed E-state index contributed by atoms with van der Waals surface area (Å²) in [7, 11) is 0. The van der Waals surface area contributed by atoms with E-state index >= 15 is 0 Å². The molecule has 0 radical (unpaired) electrons. The van der Waals surface area contributed by atoms with Crippen molar-refractivity contribution in [1.29, 1.82) is 5.26 Å². The average Bonchev–Trinajstić information content (AvgIpc) is 3.22. The summed E-state index contributed by atoms with van der Waals surface area (Å²) >= 11 is 1.18. The van der Waals surface area contributed by atoms with Gasteiger partial charge in [-0.05, 0) is 57.2 Å². The lowest BCUT2D eigenvalue weighted by molar-refractivity contribution is -0.116. The SMILES string of the molecule is CCOc1ccc(N(CCC#N)C(=O)CSc2nnc(-c3cc(C)cc(C)c3)o2)cc1. The van der Waals surface area contributed by atoms with Crippen LogP contribution in [0.25, 0.3) is 11.5 Å². The van der Waals surface area contributed by atoms with Crippen LogP contribution in [0.3, 0.4) is 0 Å². The predicted molar refractivity (Wildman–Crippen MR) is 120 cm³/mol. The smallest absolute Gasteiger partial charge is 0.277 e. The maximum absolute atomic E-state index is 12.9. The zero-order valence-corrected chi connectivity index (χ0v) is 18.6. The lowest BCUT2D eigenvalue weighted by Gasteiger charge is -2.21. The number of aromatic nitrogens is 2. The first-order valence-corrected chi connectivity index (χ1v) is 10.9. The number of nitriles is 1. The Bertz CT molecular complexity index is 1050. The minimum atomic E-state index is -0.143. The van der Waals surface area contributed by atoms with E-state index < -0.39 is 0 Å². The highest BCUT2D eigenvalue weighted by molar-refractivity contribution is 7.99. The molecule has 0 aliphatic carbocycles. The summed E-state index contributed by atoms with van der Waals surface area (Å²) in [6.45, 7) is 6.82. The van der Waals surface area contributed by atoms with Crippen molar-refractivity contribution in [2.24, 2.45) is 0 Å². The van der Waals surface area contributed by atoms with Crippen LogP contribution in [0.4, 0.5) is 5.69 Å². The predicted octanol–water partition coefficient (Wildman–Crippen LogP) is 4.79. The van der Waals surface area contributed by atoms with Crippen LogP contribution in [-0.2, 0) is 4.79 Å². The molecule has 0 fully saturated rings. The van der Waals surface area contributed by atoms with Crippen molar-refractivity contribution in [3.05, 3.63) is 53.6 Å². The third-order valence-electron chi connectivity index (χ3n) is 4.40. The van der Waals surface area contributed by atoms with Gasteiger partial charge >= 0.3 is 0 Å². The molecular weight excluding hydrogens is 412 g/mol. The lowest BCUT2D eigenvalue weighted by Crippen LogP contribution is -2.33. The summed E-state index contributed by atoms with van der Waals surface area (Å²) < 4.78 is 11.2. The van der Waals surface area contributed by atoms with Crippen molar-refractivity contribution in [3.63, 3.8) is 0 Å². The van der Waals surface area contributed by atoms with Crippen LogP contribution in [0.15, 0.2) is 52.1 Å². The quantitative estimate of drug-likeness (QED) is 0.445. The summed E-state index contributed by atoms with van der Waals surface area (Å²) in [6, 6.07) is 15.4. The van der Waals surface area contributed by atoms with Gasteiger partial charge in [0.2, 0.25) is 11.8 Å². The van der Waals surface area contributed by atoms with Crippen LogP contribution in [0, 0.1) is 25.2 Å². The first-order chi connectivity index (χ1) is 15.0. The van der Waals surface area contributed by atoms with Crippen molar-refractivity contribution in [2.45, 2.75) is 32.4 Å². The molecule has 0 bridgehead atoms. The van der Waals surface area contributed by atoms with E-state index in [9.17, 15) is 4.79 Å². The van der Waals surface area contributed by atoms with Crippen molar-refractivity contribution < 1.29 is 13.9 Å². The van der Waals surface area contributed by atoms with E-state index in [4.69, 9.17) is 14.4 Å². The van der Waals surface area contributed by atoms with Gasteiger partial charge in [0, 0.05) is 17.8 Å². The molecule has 0 atom stereocenters. The largest absolute Gasteiger partial charge is 0.494 e. The minimum absolute atomic E-state index is 0.118. The Balaban J connectivity index is 1.68. The minimum Gasteiger partial charge on any atom is -0.494 e. The van der Waals surface area contributed by atoms with Crippen molar-refractivity contribution >= 4 is 23.4 Å². The van der Waals surface area contributed by atoms with E-state index in [1.54, 1.807) is 4.90 Å². The average molecular weight is 437 g/mol. The van der Waals surface area contributed by atoms with Crippen molar-refractivity contribution in [3.8, 4) is 23.3 Å². The summed E-state index contributed by atoms with van der Waals surface area (Å²) in [5.41, 5.74) is 3.79. The van der Waals surface area contributed by atoms with Crippen LogP contribution in [-0.4, -0.2) is 35.0 Å². The van der Waals surface area contributed by atoms with Gasteiger partial charge in [-0.15, -0.1) is 10.2 Å². The Labute approximate surface area is 186 Å². The molecule has 160 valence electrons. The highest BCUT2D eigenvalue weighted by atomic mass is 32.2. The maximum Gasteiger partial charge on any atom is 0.277 e. The fraction of sp³-hybridized carbons (Fsp3) is 0.304. The van der Waals surface area contributed by atoms with Crippen LogP contribution < -0.4 is 9.64 Å². The summed E-state index contributed by atoms with van der Waals surface area (Å²) in [4.78, 5) is 14.5. The Hall–Kier alpha value is -3.31. The molecule has 0 saturated heterocycles. The van der Waals surface area contributed by atoms with E-state index in [1.807, 2.05) is 57.2 Å².